The van der Waals surface area contributed by atoms with Gasteiger partial charge in [-0.2, -0.15) is 0 Å². The van der Waals surface area contributed by atoms with Crippen molar-refractivity contribution in [3.8, 4) is 0 Å². The average Bonchev–Trinajstić information content (AvgIpc) is 2.43. The largest absolute Gasteiger partial charge is 0.381 e. The summed E-state index contributed by atoms with van der Waals surface area (Å²) in [5, 5.41) is 2.67. The minimum Gasteiger partial charge on any atom is -0.381 e. The SMILES string of the molecule is CNC(=O)CCN1CCO[C@@H]2CC[C@@H](OC)C[C@@H]21. The van der Waals surface area contributed by atoms with E-state index in [0.29, 0.717) is 24.7 Å². The van der Waals surface area contributed by atoms with Crippen LogP contribution in [0, 0.1) is 0 Å². The van der Waals surface area contributed by atoms with Crippen molar-refractivity contribution in [2.75, 3.05) is 33.9 Å². The van der Waals surface area contributed by atoms with E-state index >= 15 is 0 Å². The molecule has 1 heterocycles. The molecule has 3 atom stereocenters. The molecule has 0 bridgehead atoms. The third kappa shape index (κ3) is 3.22. The van der Waals surface area contributed by atoms with Crippen LogP contribution < -0.4 is 5.32 Å². The second-order valence-electron chi connectivity index (χ2n) is 5.11. The van der Waals surface area contributed by atoms with E-state index in [1.165, 1.54) is 0 Å². The quantitative estimate of drug-likeness (QED) is 0.790. The number of fused-ring (bicyclic) bond motifs is 1. The van der Waals surface area contributed by atoms with E-state index in [9.17, 15) is 4.79 Å². The second kappa shape index (κ2) is 6.50. The van der Waals surface area contributed by atoms with Crippen molar-refractivity contribution < 1.29 is 14.3 Å². The van der Waals surface area contributed by atoms with Crippen LogP contribution in [0.25, 0.3) is 0 Å². The third-order valence-electron chi connectivity index (χ3n) is 4.12. The van der Waals surface area contributed by atoms with Crippen molar-refractivity contribution in [3.63, 3.8) is 0 Å². The highest BCUT2D eigenvalue weighted by Gasteiger charge is 2.37. The maximum atomic E-state index is 11.3. The van der Waals surface area contributed by atoms with Gasteiger partial charge in [-0.1, -0.05) is 0 Å². The zero-order valence-corrected chi connectivity index (χ0v) is 11.4. The molecule has 5 nitrogen and oxygen atoms in total. The van der Waals surface area contributed by atoms with E-state index in [2.05, 4.69) is 10.2 Å². The van der Waals surface area contributed by atoms with Crippen molar-refractivity contribution in [2.24, 2.45) is 0 Å². The van der Waals surface area contributed by atoms with Crippen molar-refractivity contribution in [2.45, 2.75) is 43.9 Å². The Labute approximate surface area is 109 Å². The highest BCUT2D eigenvalue weighted by atomic mass is 16.5. The Morgan fingerprint density at radius 3 is 3.06 bits per heavy atom. The molecule has 1 aliphatic carbocycles. The first-order valence-corrected chi connectivity index (χ1v) is 6.83. The van der Waals surface area contributed by atoms with Crippen LogP contribution in [0.4, 0.5) is 0 Å². The van der Waals surface area contributed by atoms with Crippen LogP contribution in [0.2, 0.25) is 0 Å². The second-order valence-corrected chi connectivity index (χ2v) is 5.11. The maximum Gasteiger partial charge on any atom is 0.221 e. The summed E-state index contributed by atoms with van der Waals surface area (Å²) in [4.78, 5) is 13.7. The van der Waals surface area contributed by atoms with E-state index in [1.54, 1.807) is 14.2 Å². The van der Waals surface area contributed by atoms with Gasteiger partial charge < -0.3 is 14.8 Å². The number of nitrogens with one attached hydrogen (secondary N) is 1. The first-order valence-electron chi connectivity index (χ1n) is 6.83. The third-order valence-corrected chi connectivity index (χ3v) is 4.12. The topological polar surface area (TPSA) is 50.8 Å². The molecule has 1 N–H and O–H groups in total. The molecule has 0 aromatic carbocycles. The zero-order chi connectivity index (χ0) is 13.0. The molecule has 0 aromatic heterocycles. The number of methoxy groups -OCH3 is 1. The molecule has 0 aromatic rings. The normalized spacial score (nSPS) is 32.9. The fourth-order valence-electron chi connectivity index (χ4n) is 3.01. The van der Waals surface area contributed by atoms with Crippen LogP contribution in [0.5, 0.6) is 0 Å². The summed E-state index contributed by atoms with van der Waals surface area (Å²) in [6.07, 6.45) is 4.41. The fourth-order valence-corrected chi connectivity index (χ4v) is 3.01. The summed E-state index contributed by atoms with van der Waals surface area (Å²) >= 11 is 0. The minimum atomic E-state index is 0.108. The molecule has 1 aliphatic heterocycles. The number of hydrogen-bond acceptors (Lipinski definition) is 4. The lowest BCUT2D eigenvalue weighted by atomic mass is 9.88. The van der Waals surface area contributed by atoms with Gasteiger partial charge in [-0.05, 0) is 19.3 Å². The Morgan fingerprint density at radius 2 is 2.33 bits per heavy atom. The molecule has 1 amide bonds. The molecule has 0 unspecified atom stereocenters. The number of amides is 1. The van der Waals surface area contributed by atoms with Crippen molar-refractivity contribution >= 4 is 5.91 Å². The maximum absolute atomic E-state index is 11.3. The van der Waals surface area contributed by atoms with Gasteiger partial charge in [0.15, 0.2) is 0 Å². The average molecular weight is 256 g/mol. The lowest BCUT2D eigenvalue weighted by Gasteiger charge is -2.45. The van der Waals surface area contributed by atoms with Crippen LogP contribution in [0.3, 0.4) is 0 Å². The summed E-state index contributed by atoms with van der Waals surface area (Å²) in [5.41, 5.74) is 0. The van der Waals surface area contributed by atoms with Gasteiger partial charge in [0, 0.05) is 39.7 Å². The first kappa shape index (κ1) is 13.8. The van der Waals surface area contributed by atoms with Crippen molar-refractivity contribution in [1.82, 2.24) is 10.2 Å². The van der Waals surface area contributed by atoms with Crippen LogP contribution in [0.1, 0.15) is 25.7 Å². The number of ether oxygens (including phenoxy) is 2. The number of rotatable bonds is 4. The number of nitrogens with zero attached hydrogens (tertiary/aromatic N) is 1. The Kier molecular flexibility index (Phi) is 4.97. The molecule has 0 radical (unpaired) electrons. The molecule has 0 spiro atoms. The van der Waals surface area contributed by atoms with Gasteiger partial charge in [0.1, 0.15) is 0 Å². The summed E-state index contributed by atoms with van der Waals surface area (Å²) in [6.45, 7) is 2.53. The summed E-state index contributed by atoms with van der Waals surface area (Å²) < 4.78 is 11.3. The van der Waals surface area contributed by atoms with E-state index in [0.717, 1.165) is 39.0 Å². The molecule has 104 valence electrons. The highest BCUT2D eigenvalue weighted by Crippen LogP contribution is 2.29. The molecule has 2 fully saturated rings. The summed E-state index contributed by atoms with van der Waals surface area (Å²) in [7, 11) is 3.47. The Morgan fingerprint density at radius 1 is 1.50 bits per heavy atom. The lowest BCUT2D eigenvalue weighted by molar-refractivity contribution is -0.126. The number of morpholine rings is 1. The molecule has 2 aliphatic rings. The monoisotopic (exact) mass is 256 g/mol. The van der Waals surface area contributed by atoms with Gasteiger partial charge in [-0.25, -0.2) is 0 Å². The van der Waals surface area contributed by atoms with Gasteiger partial charge in [0.2, 0.25) is 5.91 Å². The molecule has 1 saturated carbocycles. The number of carbonyl (C=O) groups is 1. The Balaban J connectivity index is 1.90. The van der Waals surface area contributed by atoms with Gasteiger partial charge in [0.05, 0.1) is 18.8 Å². The van der Waals surface area contributed by atoms with Crippen LogP contribution in [-0.2, 0) is 14.3 Å². The summed E-state index contributed by atoms with van der Waals surface area (Å²) in [6, 6.07) is 0.419. The van der Waals surface area contributed by atoms with E-state index in [1.807, 2.05) is 0 Å². The standard InChI is InChI=1S/C13H24N2O3/c1-14-13(16)5-6-15-7-8-18-12-4-3-10(17-2)9-11(12)15/h10-12H,3-9H2,1-2H3,(H,14,16)/t10-,11+,12-/m1/s1. The van der Waals surface area contributed by atoms with Crippen LogP contribution in [0.15, 0.2) is 0 Å². The number of carbonyl (C=O) groups excluding carboxylic acids is 1. The molecule has 2 rings (SSSR count). The van der Waals surface area contributed by atoms with Gasteiger partial charge in [-0.3, -0.25) is 9.69 Å². The smallest absolute Gasteiger partial charge is 0.221 e. The first-order chi connectivity index (χ1) is 8.74. The minimum absolute atomic E-state index is 0.108. The highest BCUT2D eigenvalue weighted by molar-refractivity contribution is 5.75. The van der Waals surface area contributed by atoms with Crippen molar-refractivity contribution in [3.05, 3.63) is 0 Å². The van der Waals surface area contributed by atoms with Crippen LogP contribution >= 0.6 is 0 Å². The van der Waals surface area contributed by atoms with Gasteiger partial charge in [-0.15, -0.1) is 0 Å². The molecule has 5 heteroatoms. The number of hydrogen-bond donors (Lipinski definition) is 1. The van der Waals surface area contributed by atoms with Gasteiger partial charge >= 0.3 is 0 Å². The van der Waals surface area contributed by atoms with E-state index < -0.39 is 0 Å². The Bertz CT molecular complexity index is 285. The van der Waals surface area contributed by atoms with Gasteiger partial charge in [0.25, 0.3) is 0 Å². The molecular weight excluding hydrogens is 232 g/mol. The summed E-state index contributed by atoms with van der Waals surface area (Å²) in [5.74, 6) is 0.108. The molecule has 18 heavy (non-hydrogen) atoms. The van der Waals surface area contributed by atoms with Crippen LogP contribution in [-0.4, -0.2) is 62.9 Å². The predicted octanol–water partition coefficient (Wildman–Crippen LogP) is 0.391. The lowest BCUT2D eigenvalue weighted by Crippen LogP contribution is -2.55. The predicted molar refractivity (Wildman–Crippen MR) is 68.4 cm³/mol. The molecule has 1 saturated heterocycles. The fraction of sp³-hybridized carbons (Fsp3) is 0.923. The molecular formula is C13H24N2O3. The van der Waals surface area contributed by atoms with E-state index in [-0.39, 0.29) is 5.91 Å². The van der Waals surface area contributed by atoms with E-state index in [4.69, 9.17) is 9.47 Å². The zero-order valence-electron chi connectivity index (χ0n) is 11.4. The Hall–Kier alpha value is -0.650. The van der Waals surface area contributed by atoms with Crippen molar-refractivity contribution in [1.29, 1.82) is 0 Å².